The van der Waals surface area contributed by atoms with Crippen molar-refractivity contribution in [1.82, 2.24) is 9.80 Å². The summed E-state index contributed by atoms with van der Waals surface area (Å²) in [5.74, 6) is 1.68. The zero-order valence-corrected chi connectivity index (χ0v) is 18.8. The molecule has 170 valence electrons. The number of nitrogens with zero attached hydrogens (tertiary/aromatic N) is 2. The number of benzene rings is 2. The van der Waals surface area contributed by atoms with Crippen LogP contribution in [0.15, 0.2) is 42.5 Å². The molecule has 32 heavy (non-hydrogen) atoms. The van der Waals surface area contributed by atoms with Gasteiger partial charge >= 0.3 is 0 Å². The summed E-state index contributed by atoms with van der Waals surface area (Å²) < 4.78 is 10.8. The molecule has 2 aliphatic rings. The first-order valence-corrected chi connectivity index (χ1v) is 11.4. The van der Waals surface area contributed by atoms with E-state index >= 15 is 0 Å². The van der Waals surface area contributed by atoms with Crippen LogP contribution in [0.3, 0.4) is 0 Å². The summed E-state index contributed by atoms with van der Waals surface area (Å²) in [4.78, 5) is 29.4. The molecule has 0 aliphatic carbocycles. The van der Waals surface area contributed by atoms with Gasteiger partial charge in [0, 0.05) is 49.9 Å². The SMILES string of the molecule is CCC(CC)C(=O)Nc1ccc(C(=O)N2CCN(Cc3ccc4c(c3)OCO4)CC2)cc1. The molecule has 1 fully saturated rings. The second-order valence-corrected chi connectivity index (χ2v) is 8.34. The molecule has 0 bridgehead atoms. The van der Waals surface area contributed by atoms with Gasteiger partial charge in [-0.1, -0.05) is 19.9 Å². The Kier molecular flexibility index (Phi) is 6.95. The lowest BCUT2D eigenvalue weighted by Gasteiger charge is -2.34. The third-order valence-electron chi connectivity index (χ3n) is 6.26. The Morgan fingerprint density at radius 2 is 1.62 bits per heavy atom. The highest BCUT2D eigenvalue weighted by Gasteiger charge is 2.23. The molecule has 0 saturated carbocycles. The Hall–Kier alpha value is -3.06. The van der Waals surface area contributed by atoms with E-state index in [1.165, 1.54) is 5.56 Å². The van der Waals surface area contributed by atoms with E-state index in [2.05, 4.69) is 16.3 Å². The van der Waals surface area contributed by atoms with Gasteiger partial charge in [0.05, 0.1) is 0 Å². The van der Waals surface area contributed by atoms with Gasteiger partial charge in [-0.15, -0.1) is 0 Å². The molecule has 0 radical (unpaired) electrons. The summed E-state index contributed by atoms with van der Waals surface area (Å²) >= 11 is 0. The van der Waals surface area contributed by atoms with E-state index in [1.54, 1.807) is 12.1 Å². The van der Waals surface area contributed by atoms with Crippen molar-refractivity contribution in [3.8, 4) is 11.5 Å². The smallest absolute Gasteiger partial charge is 0.253 e. The summed E-state index contributed by atoms with van der Waals surface area (Å²) in [6.45, 7) is 8.17. The zero-order chi connectivity index (χ0) is 22.5. The molecule has 7 nitrogen and oxygen atoms in total. The van der Waals surface area contributed by atoms with Crippen molar-refractivity contribution in [3.05, 3.63) is 53.6 Å². The minimum atomic E-state index is 0.0188. The summed E-state index contributed by atoms with van der Waals surface area (Å²) in [5.41, 5.74) is 2.56. The number of nitrogens with one attached hydrogen (secondary N) is 1. The maximum atomic E-state index is 12.9. The van der Waals surface area contributed by atoms with E-state index in [1.807, 2.05) is 43.0 Å². The maximum Gasteiger partial charge on any atom is 0.253 e. The first kappa shape index (κ1) is 22.1. The van der Waals surface area contributed by atoms with Gasteiger partial charge in [0.2, 0.25) is 12.7 Å². The molecule has 0 unspecified atom stereocenters. The van der Waals surface area contributed by atoms with Crippen molar-refractivity contribution in [2.24, 2.45) is 5.92 Å². The van der Waals surface area contributed by atoms with Gasteiger partial charge in [0.1, 0.15) is 0 Å². The first-order valence-electron chi connectivity index (χ1n) is 11.4. The average molecular weight is 438 g/mol. The Morgan fingerprint density at radius 3 is 2.31 bits per heavy atom. The molecule has 0 aromatic heterocycles. The number of hydrogen-bond acceptors (Lipinski definition) is 5. The molecule has 1 N–H and O–H groups in total. The fourth-order valence-electron chi connectivity index (χ4n) is 4.19. The molecule has 4 rings (SSSR count). The van der Waals surface area contributed by atoms with Crippen molar-refractivity contribution in [1.29, 1.82) is 0 Å². The first-order chi connectivity index (χ1) is 15.6. The van der Waals surface area contributed by atoms with Gasteiger partial charge in [0.25, 0.3) is 5.91 Å². The maximum absolute atomic E-state index is 12.9. The van der Waals surface area contributed by atoms with E-state index in [-0.39, 0.29) is 24.5 Å². The number of piperazine rings is 1. The van der Waals surface area contributed by atoms with Crippen LogP contribution in [-0.2, 0) is 11.3 Å². The molecule has 0 spiro atoms. The Balaban J connectivity index is 1.28. The molecule has 2 heterocycles. The van der Waals surface area contributed by atoms with Crippen LogP contribution in [0.4, 0.5) is 5.69 Å². The summed E-state index contributed by atoms with van der Waals surface area (Å²) in [7, 11) is 0. The number of hydrogen-bond donors (Lipinski definition) is 1. The molecule has 2 aliphatic heterocycles. The molecular weight excluding hydrogens is 406 g/mol. The number of carbonyl (C=O) groups is 2. The lowest BCUT2D eigenvalue weighted by Crippen LogP contribution is -2.48. The van der Waals surface area contributed by atoms with Crippen LogP contribution in [0.25, 0.3) is 0 Å². The van der Waals surface area contributed by atoms with Gasteiger partial charge in [-0.25, -0.2) is 0 Å². The number of ether oxygens (including phenoxy) is 2. The quantitative estimate of drug-likeness (QED) is 0.714. The summed E-state index contributed by atoms with van der Waals surface area (Å²) in [6.07, 6.45) is 1.64. The molecule has 2 aromatic carbocycles. The fourth-order valence-corrected chi connectivity index (χ4v) is 4.19. The van der Waals surface area contributed by atoms with E-state index in [0.717, 1.165) is 49.7 Å². The fraction of sp³-hybridized carbons (Fsp3) is 0.440. The monoisotopic (exact) mass is 437 g/mol. The summed E-state index contributed by atoms with van der Waals surface area (Å²) in [5, 5.41) is 2.95. The van der Waals surface area contributed by atoms with Crippen LogP contribution < -0.4 is 14.8 Å². The van der Waals surface area contributed by atoms with Crippen molar-refractivity contribution < 1.29 is 19.1 Å². The second kappa shape index (κ2) is 10.0. The molecule has 7 heteroatoms. The van der Waals surface area contributed by atoms with Gasteiger partial charge in [-0.3, -0.25) is 14.5 Å². The molecule has 0 atom stereocenters. The van der Waals surface area contributed by atoms with Crippen molar-refractivity contribution in [2.45, 2.75) is 33.2 Å². The number of amides is 2. The number of fused-ring (bicyclic) bond motifs is 1. The van der Waals surface area contributed by atoms with Crippen LogP contribution in [0.5, 0.6) is 11.5 Å². The van der Waals surface area contributed by atoms with Crippen LogP contribution in [0, 0.1) is 5.92 Å². The predicted octanol–water partition coefficient (Wildman–Crippen LogP) is 3.75. The molecule has 2 aromatic rings. The van der Waals surface area contributed by atoms with Crippen molar-refractivity contribution in [2.75, 3.05) is 38.3 Å². The third-order valence-corrected chi connectivity index (χ3v) is 6.26. The lowest BCUT2D eigenvalue weighted by molar-refractivity contribution is -0.120. The highest BCUT2D eigenvalue weighted by atomic mass is 16.7. The Labute approximate surface area is 189 Å². The second-order valence-electron chi connectivity index (χ2n) is 8.34. The molecule has 1 saturated heterocycles. The van der Waals surface area contributed by atoms with Crippen LogP contribution >= 0.6 is 0 Å². The van der Waals surface area contributed by atoms with E-state index in [4.69, 9.17) is 9.47 Å². The highest BCUT2D eigenvalue weighted by Crippen LogP contribution is 2.32. The minimum absolute atomic E-state index is 0.0188. The Morgan fingerprint density at radius 1 is 0.938 bits per heavy atom. The van der Waals surface area contributed by atoms with Crippen LogP contribution in [-0.4, -0.2) is 54.6 Å². The number of carbonyl (C=O) groups excluding carboxylic acids is 2. The standard InChI is InChI=1S/C25H31N3O4/c1-3-19(4-2)24(29)26-21-8-6-20(7-9-21)25(30)28-13-11-27(12-14-28)16-18-5-10-22-23(15-18)32-17-31-22/h5-10,15,19H,3-4,11-14,16-17H2,1-2H3,(H,26,29). The molecular formula is C25H31N3O4. The topological polar surface area (TPSA) is 71.1 Å². The van der Waals surface area contributed by atoms with E-state index in [9.17, 15) is 9.59 Å². The van der Waals surface area contributed by atoms with Gasteiger partial charge in [0.15, 0.2) is 11.5 Å². The van der Waals surface area contributed by atoms with E-state index < -0.39 is 0 Å². The molecule has 2 amide bonds. The summed E-state index contributed by atoms with van der Waals surface area (Å²) in [6, 6.07) is 13.3. The number of rotatable bonds is 7. The van der Waals surface area contributed by atoms with E-state index in [0.29, 0.717) is 18.7 Å². The predicted molar refractivity (Wildman–Crippen MR) is 123 cm³/mol. The zero-order valence-electron chi connectivity index (χ0n) is 18.8. The lowest BCUT2D eigenvalue weighted by atomic mass is 10.0. The Bertz CT molecular complexity index is 948. The van der Waals surface area contributed by atoms with Gasteiger partial charge in [-0.05, 0) is 54.8 Å². The van der Waals surface area contributed by atoms with Gasteiger partial charge < -0.3 is 19.7 Å². The van der Waals surface area contributed by atoms with Gasteiger partial charge in [-0.2, -0.15) is 0 Å². The largest absolute Gasteiger partial charge is 0.454 e. The van der Waals surface area contributed by atoms with Crippen molar-refractivity contribution >= 4 is 17.5 Å². The highest BCUT2D eigenvalue weighted by molar-refractivity contribution is 5.96. The minimum Gasteiger partial charge on any atom is -0.454 e. The average Bonchev–Trinajstić information content (AvgIpc) is 3.28. The number of anilines is 1. The van der Waals surface area contributed by atoms with Crippen molar-refractivity contribution in [3.63, 3.8) is 0 Å². The van der Waals surface area contributed by atoms with Crippen LogP contribution in [0.2, 0.25) is 0 Å². The van der Waals surface area contributed by atoms with Crippen LogP contribution in [0.1, 0.15) is 42.6 Å². The third kappa shape index (κ3) is 5.05. The normalized spacial score (nSPS) is 15.8.